The molecular weight excluding hydrogens is 286 g/mol. The van der Waals surface area contributed by atoms with Crippen LogP contribution in [0.25, 0.3) is 0 Å². The van der Waals surface area contributed by atoms with Crippen LogP contribution in [0, 0.1) is 10.1 Å². The number of aldehydes is 1. The molecule has 6 heteroatoms. The lowest BCUT2D eigenvalue weighted by atomic mass is 10.2. The molecular formula is C13H8ClNO3S. The molecule has 0 spiro atoms. The van der Waals surface area contributed by atoms with E-state index < -0.39 is 4.92 Å². The summed E-state index contributed by atoms with van der Waals surface area (Å²) in [6.07, 6.45) is 0.584. The van der Waals surface area contributed by atoms with E-state index in [1.807, 2.05) is 6.07 Å². The van der Waals surface area contributed by atoms with Crippen LogP contribution in [-0.4, -0.2) is 11.2 Å². The van der Waals surface area contributed by atoms with E-state index >= 15 is 0 Å². The number of halogens is 1. The van der Waals surface area contributed by atoms with Crippen LogP contribution >= 0.6 is 23.4 Å². The van der Waals surface area contributed by atoms with E-state index in [2.05, 4.69) is 0 Å². The molecule has 0 atom stereocenters. The summed E-state index contributed by atoms with van der Waals surface area (Å²) in [5, 5.41) is 11.6. The first-order valence-corrected chi connectivity index (χ1v) is 6.46. The van der Waals surface area contributed by atoms with Gasteiger partial charge in [0.2, 0.25) is 0 Å². The Balaban J connectivity index is 2.39. The monoisotopic (exact) mass is 293 g/mol. The van der Waals surface area contributed by atoms with E-state index in [-0.39, 0.29) is 11.3 Å². The van der Waals surface area contributed by atoms with Gasteiger partial charge in [-0.1, -0.05) is 35.5 Å². The van der Waals surface area contributed by atoms with Crippen LogP contribution in [0.2, 0.25) is 5.02 Å². The number of carbonyl (C=O) groups is 1. The van der Waals surface area contributed by atoms with Gasteiger partial charge in [0.15, 0.2) is 0 Å². The van der Waals surface area contributed by atoms with Crippen molar-refractivity contribution in [2.75, 3.05) is 0 Å². The molecule has 0 saturated heterocycles. The smallest absolute Gasteiger partial charge is 0.283 e. The average molecular weight is 294 g/mol. The van der Waals surface area contributed by atoms with E-state index in [1.165, 1.54) is 17.8 Å². The third kappa shape index (κ3) is 3.33. The molecule has 0 saturated carbocycles. The number of nitro groups is 1. The van der Waals surface area contributed by atoms with Crippen molar-refractivity contribution in [3.63, 3.8) is 0 Å². The normalized spacial score (nSPS) is 10.2. The van der Waals surface area contributed by atoms with Crippen molar-refractivity contribution in [3.05, 3.63) is 63.2 Å². The number of benzene rings is 2. The Hall–Kier alpha value is -1.85. The van der Waals surface area contributed by atoms with Gasteiger partial charge < -0.3 is 0 Å². The van der Waals surface area contributed by atoms with Crippen LogP contribution < -0.4 is 0 Å². The first-order chi connectivity index (χ1) is 9.10. The molecule has 0 aliphatic heterocycles. The summed E-state index contributed by atoms with van der Waals surface area (Å²) < 4.78 is 0. The zero-order valence-electron chi connectivity index (χ0n) is 9.58. The molecule has 0 aromatic heterocycles. The largest absolute Gasteiger partial charge is 0.298 e. The molecule has 0 heterocycles. The third-order valence-corrected chi connectivity index (χ3v) is 3.63. The minimum atomic E-state index is -0.500. The SMILES string of the molecule is O=Cc1ccc(Sc2cccc(Cl)c2)c([N+](=O)[O-])c1. The average Bonchev–Trinajstić information content (AvgIpc) is 2.39. The van der Waals surface area contributed by atoms with Crippen LogP contribution in [0.15, 0.2) is 52.3 Å². The minimum Gasteiger partial charge on any atom is -0.298 e. The number of rotatable bonds is 4. The highest BCUT2D eigenvalue weighted by Gasteiger charge is 2.15. The Labute approximate surface area is 118 Å². The van der Waals surface area contributed by atoms with Crippen LogP contribution in [0.3, 0.4) is 0 Å². The standard InChI is InChI=1S/C13H8ClNO3S/c14-10-2-1-3-11(7-10)19-13-5-4-9(8-16)6-12(13)15(17)18/h1-8H. The molecule has 0 aliphatic rings. The summed E-state index contributed by atoms with van der Waals surface area (Å²) in [6.45, 7) is 0. The maximum Gasteiger partial charge on any atom is 0.283 e. The summed E-state index contributed by atoms with van der Waals surface area (Å²) in [4.78, 5) is 22.4. The minimum absolute atomic E-state index is 0.0884. The van der Waals surface area contributed by atoms with Gasteiger partial charge in [0, 0.05) is 21.5 Å². The lowest BCUT2D eigenvalue weighted by Crippen LogP contribution is -1.92. The molecule has 0 radical (unpaired) electrons. The number of nitrogens with zero attached hydrogens (tertiary/aromatic N) is 1. The molecule has 2 rings (SSSR count). The fourth-order valence-corrected chi connectivity index (χ4v) is 2.71. The molecule has 0 fully saturated rings. The second-order valence-electron chi connectivity index (χ2n) is 3.66. The number of nitro benzene ring substituents is 1. The summed E-state index contributed by atoms with van der Waals surface area (Å²) in [7, 11) is 0. The Bertz CT molecular complexity index is 646. The summed E-state index contributed by atoms with van der Waals surface area (Å²) >= 11 is 7.10. The highest BCUT2D eigenvalue weighted by molar-refractivity contribution is 7.99. The van der Waals surface area contributed by atoms with E-state index in [9.17, 15) is 14.9 Å². The van der Waals surface area contributed by atoms with Gasteiger partial charge >= 0.3 is 0 Å². The predicted octanol–water partition coefficient (Wildman–Crippen LogP) is 4.21. The second kappa shape index (κ2) is 5.86. The topological polar surface area (TPSA) is 60.2 Å². The lowest BCUT2D eigenvalue weighted by Gasteiger charge is -2.04. The fourth-order valence-electron chi connectivity index (χ4n) is 1.49. The molecule has 0 unspecified atom stereocenters. The summed E-state index contributed by atoms with van der Waals surface area (Å²) in [5.74, 6) is 0. The lowest BCUT2D eigenvalue weighted by molar-refractivity contribution is -0.387. The van der Waals surface area contributed by atoms with Gasteiger partial charge in [-0.2, -0.15) is 0 Å². The highest BCUT2D eigenvalue weighted by Crippen LogP contribution is 2.35. The molecule has 0 N–H and O–H groups in total. The van der Waals surface area contributed by atoms with E-state index in [0.29, 0.717) is 16.2 Å². The van der Waals surface area contributed by atoms with Gasteiger partial charge in [-0.3, -0.25) is 14.9 Å². The number of hydrogen-bond acceptors (Lipinski definition) is 4. The Morgan fingerprint density at radius 1 is 1.21 bits per heavy atom. The van der Waals surface area contributed by atoms with Crippen molar-refractivity contribution in [2.45, 2.75) is 9.79 Å². The Morgan fingerprint density at radius 3 is 2.63 bits per heavy atom. The second-order valence-corrected chi connectivity index (χ2v) is 5.21. The van der Waals surface area contributed by atoms with Crippen LogP contribution in [0.1, 0.15) is 10.4 Å². The van der Waals surface area contributed by atoms with Gasteiger partial charge in [-0.05, 0) is 24.3 Å². The van der Waals surface area contributed by atoms with Crippen molar-refractivity contribution < 1.29 is 9.72 Å². The van der Waals surface area contributed by atoms with Crippen molar-refractivity contribution in [2.24, 2.45) is 0 Å². The number of carbonyl (C=O) groups excluding carboxylic acids is 1. The molecule has 2 aromatic carbocycles. The molecule has 2 aromatic rings. The Kier molecular flexibility index (Phi) is 4.19. The van der Waals surface area contributed by atoms with Gasteiger partial charge in [-0.25, -0.2) is 0 Å². The van der Waals surface area contributed by atoms with Crippen LogP contribution in [-0.2, 0) is 0 Å². The zero-order valence-corrected chi connectivity index (χ0v) is 11.1. The van der Waals surface area contributed by atoms with Crippen molar-refractivity contribution in [1.82, 2.24) is 0 Å². The summed E-state index contributed by atoms with van der Waals surface area (Å²) in [5.41, 5.74) is 0.191. The molecule has 96 valence electrons. The third-order valence-electron chi connectivity index (χ3n) is 2.34. The fraction of sp³-hybridized carbons (Fsp3) is 0. The maximum atomic E-state index is 11.0. The van der Waals surface area contributed by atoms with Crippen LogP contribution in [0.5, 0.6) is 0 Å². The zero-order chi connectivity index (χ0) is 13.8. The van der Waals surface area contributed by atoms with Gasteiger partial charge in [0.05, 0.1) is 9.82 Å². The molecule has 19 heavy (non-hydrogen) atoms. The van der Waals surface area contributed by atoms with Crippen molar-refractivity contribution in [1.29, 1.82) is 0 Å². The Morgan fingerprint density at radius 2 is 2.00 bits per heavy atom. The molecule has 0 aliphatic carbocycles. The first kappa shape index (κ1) is 13.6. The quantitative estimate of drug-likeness (QED) is 0.481. The van der Waals surface area contributed by atoms with Gasteiger partial charge in [0.1, 0.15) is 6.29 Å². The molecule has 0 amide bonds. The van der Waals surface area contributed by atoms with Crippen molar-refractivity contribution >= 4 is 35.3 Å². The van der Waals surface area contributed by atoms with E-state index in [4.69, 9.17) is 11.6 Å². The molecule has 0 bridgehead atoms. The highest BCUT2D eigenvalue weighted by atomic mass is 35.5. The van der Waals surface area contributed by atoms with E-state index in [1.54, 1.807) is 30.3 Å². The van der Waals surface area contributed by atoms with Gasteiger partial charge in [-0.15, -0.1) is 0 Å². The maximum absolute atomic E-state index is 11.0. The number of hydrogen-bond donors (Lipinski definition) is 0. The summed E-state index contributed by atoms with van der Waals surface area (Å²) in [6, 6.07) is 11.4. The van der Waals surface area contributed by atoms with Crippen molar-refractivity contribution in [3.8, 4) is 0 Å². The van der Waals surface area contributed by atoms with Crippen LogP contribution in [0.4, 0.5) is 5.69 Å². The van der Waals surface area contributed by atoms with Gasteiger partial charge in [0.25, 0.3) is 5.69 Å². The van der Waals surface area contributed by atoms with E-state index in [0.717, 1.165) is 4.90 Å². The molecule has 4 nitrogen and oxygen atoms in total. The predicted molar refractivity (Wildman–Crippen MR) is 74.1 cm³/mol. The first-order valence-electron chi connectivity index (χ1n) is 5.27.